The van der Waals surface area contributed by atoms with Crippen LogP contribution in [0.3, 0.4) is 0 Å². The normalized spacial score (nSPS) is 14.3. The number of nitrogens with zero attached hydrogens (tertiary/aromatic N) is 5. The number of benzene rings is 1. The molecule has 2 aromatic heterocycles. The fraction of sp³-hybridized carbons (Fsp3) is 0.364. The van der Waals surface area contributed by atoms with Crippen LogP contribution >= 0.6 is 11.8 Å². The van der Waals surface area contributed by atoms with Gasteiger partial charge in [-0.05, 0) is 43.0 Å². The Morgan fingerprint density at radius 1 is 1.10 bits per heavy atom. The van der Waals surface area contributed by atoms with Crippen LogP contribution in [0.1, 0.15) is 26.3 Å². The van der Waals surface area contributed by atoms with Gasteiger partial charge in [-0.3, -0.25) is 9.78 Å². The molecule has 0 bridgehead atoms. The molecule has 4 rings (SSSR count). The van der Waals surface area contributed by atoms with Crippen LogP contribution in [0, 0.1) is 5.92 Å². The van der Waals surface area contributed by atoms with Gasteiger partial charge in [0.2, 0.25) is 5.91 Å². The van der Waals surface area contributed by atoms with Crippen molar-refractivity contribution in [3.63, 3.8) is 0 Å². The van der Waals surface area contributed by atoms with Gasteiger partial charge >= 0.3 is 0 Å². The monoisotopic (exact) mass is 407 g/mol. The van der Waals surface area contributed by atoms with Gasteiger partial charge in [-0.15, -0.1) is 10.2 Å². The maximum atomic E-state index is 13.2. The highest BCUT2D eigenvalue weighted by Gasteiger charge is 2.29. The van der Waals surface area contributed by atoms with Crippen LogP contribution < -0.4 is 4.90 Å². The van der Waals surface area contributed by atoms with Crippen molar-refractivity contribution >= 4 is 23.4 Å². The molecule has 0 unspecified atom stereocenters. The van der Waals surface area contributed by atoms with Gasteiger partial charge < -0.3 is 9.47 Å². The number of carbonyl (C=O) groups excluding carboxylic acids is 1. The van der Waals surface area contributed by atoms with E-state index >= 15 is 0 Å². The van der Waals surface area contributed by atoms with Crippen molar-refractivity contribution in [2.75, 3.05) is 11.4 Å². The van der Waals surface area contributed by atoms with Gasteiger partial charge in [-0.1, -0.05) is 43.8 Å². The summed E-state index contributed by atoms with van der Waals surface area (Å²) in [4.78, 5) is 19.2. The topological polar surface area (TPSA) is 63.9 Å². The quantitative estimate of drug-likeness (QED) is 0.577. The van der Waals surface area contributed by atoms with E-state index in [9.17, 15) is 4.79 Å². The van der Waals surface area contributed by atoms with Crippen LogP contribution in [-0.2, 0) is 17.8 Å². The molecule has 3 heterocycles. The molecule has 0 saturated carbocycles. The molecule has 0 aliphatic carbocycles. The molecule has 1 atom stereocenters. The number of anilines is 1. The first-order valence-corrected chi connectivity index (χ1v) is 10.8. The molecule has 1 amide bonds. The Hall–Kier alpha value is -2.67. The van der Waals surface area contributed by atoms with Crippen molar-refractivity contribution in [1.29, 1.82) is 0 Å². The molecular weight excluding hydrogens is 382 g/mol. The molecule has 0 radical (unpaired) electrons. The number of hydrogen-bond donors (Lipinski definition) is 0. The molecular formula is C22H25N5OS. The molecule has 0 spiro atoms. The molecule has 1 aromatic carbocycles. The van der Waals surface area contributed by atoms with E-state index in [2.05, 4.69) is 39.7 Å². The fourth-order valence-corrected chi connectivity index (χ4v) is 4.54. The molecule has 0 N–H and O–H groups in total. The number of para-hydroxylation sites is 1. The Kier molecular flexibility index (Phi) is 5.67. The second kappa shape index (κ2) is 8.37. The molecule has 3 aromatic rings. The number of thioether (sulfide) groups is 1. The number of aromatic nitrogens is 4. The summed E-state index contributed by atoms with van der Waals surface area (Å²) in [6.07, 6.45) is 4.43. The summed E-state index contributed by atoms with van der Waals surface area (Å²) >= 11 is 1.48. The minimum atomic E-state index is -0.249. The van der Waals surface area contributed by atoms with Gasteiger partial charge in [0.1, 0.15) is 0 Å². The highest BCUT2D eigenvalue weighted by Crippen LogP contribution is 2.32. The average molecular weight is 408 g/mol. The highest BCUT2D eigenvalue weighted by molar-refractivity contribution is 8.00. The molecule has 150 valence electrons. The zero-order valence-corrected chi connectivity index (χ0v) is 17.8. The minimum Gasteiger partial charge on any atom is -0.311 e. The molecule has 1 aliphatic heterocycles. The van der Waals surface area contributed by atoms with Gasteiger partial charge in [0.25, 0.3) is 0 Å². The number of carbonyl (C=O) groups is 1. The first kappa shape index (κ1) is 19.6. The van der Waals surface area contributed by atoms with Crippen molar-refractivity contribution in [2.24, 2.45) is 5.92 Å². The zero-order valence-electron chi connectivity index (χ0n) is 16.9. The summed E-state index contributed by atoms with van der Waals surface area (Å²) in [5.41, 5.74) is 3.25. The van der Waals surface area contributed by atoms with Crippen LogP contribution in [0.4, 0.5) is 5.69 Å². The third-order valence-electron chi connectivity index (χ3n) is 4.99. The maximum absolute atomic E-state index is 13.2. The van der Waals surface area contributed by atoms with E-state index in [0.29, 0.717) is 5.92 Å². The van der Waals surface area contributed by atoms with Gasteiger partial charge in [0, 0.05) is 36.7 Å². The van der Waals surface area contributed by atoms with E-state index in [1.807, 2.05) is 42.2 Å². The van der Waals surface area contributed by atoms with Crippen molar-refractivity contribution in [3.05, 3.63) is 54.4 Å². The standard InChI is InChI=1S/C22H25N5OS/c1-15(2)14-27-20(18-8-11-23-12-9-18)24-25-22(27)29-16(3)21(28)26-13-10-17-6-4-5-7-19(17)26/h4-9,11-12,15-16H,10,13-14H2,1-3H3/t16-/m1/s1. The van der Waals surface area contributed by atoms with Gasteiger partial charge in [-0.25, -0.2) is 0 Å². The van der Waals surface area contributed by atoms with Crippen LogP contribution in [-0.4, -0.2) is 37.5 Å². The Morgan fingerprint density at radius 2 is 1.86 bits per heavy atom. The summed E-state index contributed by atoms with van der Waals surface area (Å²) in [7, 11) is 0. The summed E-state index contributed by atoms with van der Waals surface area (Å²) < 4.78 is 2.12. The van der Waals surface area contributed by atoms with E-state index in [4.69, 9.17) is 0 Å². The number of fused-ring (bicyclic) bond motifs is 1. The largest absolute Gasteiger partial charge is 0.311 e. The van der Waals surface area contributed by atoms with Crippen molar-refractivity contribution in [2.45, 2.75) is 44.1 Å². The first-order chi connectivity index (χ1) is 14.0. The second-order valence-corrected chi connectivity index (χ2v) is 8.98. The average Bonchev–Trinajstić information content (AvgIpc) is 3.32. The Morgan fingerprint density at radius 3 is 2.62 bits per heavy atom. The summed E-state index contributed by atoms with van der Waals surface area (Å²) in [5, 5.41) is 9.38. The lowest BCUT2D eigenvalue weighted by Gasteiger charge is -2.21. The van der Waals surface area contributed by atoms with E-state index in [1.54, 1.807) is 12.4 Å². The van der Waals surface area contributed by atoms with Crippen LogP contribution in [0.5, 0.6) is 0 Å². The molecule has 6 nitrogen and oxygen atoms in total. The van der Waals surface area contributed by atoms with Crippen LogP contribution in [0.2, 0.25) is 0 Å². The second-order valence-electron chi connectivity index (χ2n) is 7.68. The molecule has 29 heavy (non-hydrogen) atoms. The highest BCUT2D eigenvalue weighted by atomic mass is 32.2. The van der Waals surface area contributed by atoms with Gasteiger partial charge in [0.15, 0.2) is 11.0 Å². The van der Waals surface area contributed by atoms with E-state index in [-0.39, 0.29) is 11.2 Å². The summed E-state index contributed by atoms with van der Waals surface area (Å²) in [6, 6.07) is 12.0. The predicted octanol–water partition coefficient (Wildman–Crippen LogP) is 4.07. The lowest BCUT2D eigenvalue weighted by Crippen LogP contribution is -2.35. The smallest absolute Gasteiger partial charge is 0.240 e. The van der Waals surface area contributed by atoms with Crippen molar-refractivity contribution in [3.8, 4) is 11.4 Å². The van der Waals surface area contributed by atoms with Gasteiger partial charge in [0.05, 0.1) is 5.25 Å². The third kappa shape index (κ3) is 4.05. The van der Waals surface area contributed by atoms with Crippen molar-refractivity contribution < 1.29 is 4.79 Å². The Balaban J connectivity index is 1.57. The Labute approximate surface area is 175 Å². The number of pyridine rings is 1. The van der Waals surface area contributed by atoms with E-state index < -0.39 is 0 Å². The molecule has 1 aliphatic rings. The summed E-state index contributed by atoms with van der Waals surface area (Å²) in [6.45, 7) is 7.82. The van der Waals surface area contributed by atoms with Gasteiger partial charge in [-0.2, -0.15) is 0 Å². The number of amides is 1. The van der Waals surface area contributed by atoms with Crippen molar-refractivity contribution in [1.82, 2.24) is 19.7 Å². The minimum absolute atomic E-state index is 0.115. The van der Waals surface area contributed by atoms with Crippen LogP contribution in [0.15, 0.2) is 53.9 Å². The number of rotatable bonds is 6. The maximum Gasteiger partial charge on any atom is 0.240 e. The lowest BCUT2D eigenvalue weighted by molar-refractivity contribution is -0.117. The fourth-order valence-electron chi connectivity index (χ4n) is 3.62. The first-order valence-electron chi connectivity index (χ1n) is 9.94. The van der Waals surface area contributed by atoms with Crippen LogP contribution in [0.25, 0.3) is 11.4 Å². The summed E-state index contributed by atoms with van der Waals surface area (Å²) in [5.74, 6) is 1.36. The third-order valence-corrected chi connectivity index (χ3v) is 6.05. The predicted molar refractivity (Wildman–Crippen MR) is 116 cm³/mol. The molecule has 7 heteroatoms. The van der Waals surface area contributed by atoms with E-state index in [0.717, 1.165) is 41.7 Å². The zero-order chi connectivity index (χ0) is 20.4. The molecule has 0 saturated heterocycles. The SMILES string of the molecule is CC(C)Cn1c(S[C@H](C)C(=O)N2CCc3ccccc32)nnc1-c1ccncc1. The lowest BCUT2D eigenvalue weighted by atomic mass is 10.2. The number of hydrogen-bond acceptors (Lipinski definition) is 5. The molecule has 0 fully saturated rings. The Bertz CT molecular complexity index is 1000. The van der Waals surface area contributed by atoms with E-state index in [1.165, 1.54) is 17.3 Å².